The summed E-state index contributed by atoms with van der Waals surface area (Å²) < 4.78 is 51.9. The summed E-state index contributed by atoms with van der Waals surface area (Å²) in [6, 6.07) is 4.68. The van der Waals surface area contributed by atoms with Crippen LogP contribution in [0.3, 0.4) is 0 Å². The fourth-order valence-electron chi connectivity index (χ4n) is 3.33. The average Bonchev–Trinajstić information content (AvgIpc) is 3.23. The average molecular weight is 470 g/mol. The molecular weight excluding hydrogens is 458 g/mol. The first-order chi connectivity index (χ1) is 15.1. The van der Waals surface area contributed by atoms with Crippen LogP contribution in [0.1, 0.15) is 5.56 Å². The van der Waals surface area contributed by atoms with E-state index in [2.05, 4.69) is 15.7 Å². The Bertz CT molecular complexity index is 1140. The van der Waals surface area contributed by atoms with Crippen LogP contribution >= 0.6 is 11.6 Å². The fraction of sp³-hybridized carbons (Fsp3) is 0.211. The van der Waals surface area contributed by atoms with Crippen LogP contribution in [0.4, 0.5) is 28.9 Å². The van der Waals surface area contributed by atoms with Crippen molar-refractivity contribution in [2.24, 2.45) is 10.3 Å². The predicted molar refractivity (Wildman–Crippen MR) is 103 cm³/mol. The van der Waals surface area contributed by atoms with Gasteiger partial charge in [-0.05, 0) is 42.5 Å². The molecule has 0 unspecified atom stereocenters. The van der Waals surface area contributed by atoms with Crippen molar-refractivity contribution in [3.8, 4) is 0 Å². The lowest BCUT2D eigenvalue weighted by molar-refractivity contribution is -0.137. The summed E-state index contributed by atoms with van der Waals surface area (Å²) in [6.45, 7) is -0.576. The van der Waals surface area contributed by atoms with Gasteiger partial charge in [0.05, 0.1) is 22.0 Å². The van der Waals surface area contributed by atoms with Crippen molar-refractivity contribution in [2.45, 2.75) is 18.3 Å². The number of amides is 3. The minimum atomic E-state index is -4.64. The number of anilines is 2. The zero-order chi connectivity index (χ0) is 23.2. The van der Waals surface area contributed by atoms with E-state index in [0.717, 1.165) is 34.2 Å². The van der Waals surface area contributed by atoms with Crippen molar-refractivity contribution in [1.29, 1.82) is 0 Å². The Morgan fingerprint density at radius 1 is 1.09 bits per heavy atom. The number of benzene rings is 2. The maximum atomic E-state index is 13.2. The molecule has 0 aliphatic carbocycles. The molecule has 1 saturated heterocycles. The van der Waals surface area contributed by atoms with Gasteiger partial charge in [-0.1, -0.05) is 16.8 Å². The molecule has 0 saturated carbocycles. The van der Waals surface area contributed by atoms with Crippen LogP contribution in [0.15, 0.2) is 52.8 Å². The highest BCUT2D eigenvalue weighted by Crippen LogP contribution is 2.34. The normalized spacial score (nSPS) is 20.2. The molecule has 32 heavy (non-hydrogen) atoms. The van der Waals surface area contributed by atoms with Crippen LogP contribution in [0, 0.1) is 5.82 Å². The third kappa shape index (κ3) is 3.88. The van der Waals surface area contributed by atoms with Crippen molar-refractivity contribution in [2.75, 3.05) is 16.8 Å². The standard InChI is InChI=1S/C19H12ClF4N5O3/c20-12-6-1-9(19(22,23)24)7-13(12)25-14(30)8-28-16-15(26-27-28)17(31)29(18(16)32)11-4-2-10(21)3-5-11/h1-7,15-16H,8H2,(H,25,30)/t15-,16-/m1/s1. The van der Waals surface area contributed by atoms with Gasteiger partial charge in [-0.2, -0.15) is 18.3 Å². The van der Waals surface area contributed by atoms with E-state index in [4.69, 9.17) is 11.6 Å². The number of hydrogen-bond acceptors (Lipinski definition) is 6. The first kappa shape index (κ1) is 21.7. The number of halogens is 5. The molecule has 2 aliphatic heterocycles. The second-order valence-corrected chi connectivity index (χ2v) is 7.33. The highest BCUT2D eigenvalue weighted by molar-refractivity contribution is 6.33. The van der Waals surface area contributed by atoms with E-state index < -0.39 is 53.9 Å². The summed E-state index contributed by atoms with van der Waals surface area (Å²) in [5, 5.41) is 10.5. The van der Waals surface area contributed by atoms with Crippen LogP contribution < -0.4 is 10.2 Å². The summed E-state index contributed by atoms with van der Waals surface area (Å²) in [4.78, 5) is 38.6. The van der Waals surface area contributed by atoms with Crippen LogP contribution in [-0.4, -0.2) is 41.4 Å². The van der Waals surface area contributed by atoms with Gasteiger partial charge in [0.1, 0.15) is 12.4 Å². The lowest BCUT2D eigenvalue weighted by atomic mass is 10.1. The Hall–Kier alpha value is -3.54. The largest absolute Gasteiger partial charge is 0.416 e. The van der Waals surface area contributed by atoms with Gasteiger partial charge >= 0.3 is 6.18 Å². The lowest BCUT2D eigenvalue weighted by Gasteiger charge is -2.20. The van der Waals surface area contributed by atoms with E-state index in [1.54, 1.807) is 0 Å². The Kier molecular flexibility index (Phi) is 5.33. The monoisotopic (exact) mass is 469 g/mol. The molecule has 8 nitrogen and oxygen atoms in total. The molecular formula is C19H12ClF4N5O3. The molecule has 3 amide bonds. The van der Waals surface area contributed by atoms with E-state index >= 15 is 0 Å². The van der Waals surface area contributed by atoms with Crippen molar-refractivity contribution in [3.63, 3.8) is 0 Å². The lowest BCUT2D eigenvalue weighted by Crippen LogP contribution is -2.43. The number of imide groups is 1. The van der Waals surface area contributed by atoms with Gasteiger partial charge in [0.25, 0.3) is 11.8 Å². The van der Waals surface area contributed by atoms with E-state index in [1.807, 2.05) is 0 Å². The quantitative estimate of drug-likeness (QED) is 0.548. The maximum Gasteiger partial charge on any atom is 0.416 e. The highest BCUT2D eigenvalue weighted by Gasteiger charge is 2.55. The fourth-order valence-corrected chi connectivity index (χ4v) is 3.50. The molecule has 2 aromatic carbocycles. The van der Waals surface area contributed by atoms with Gasteiger partial charge in [-0.25, -0.2) is 9.29 Å². The molecule has 2 heterocycles. The molecule has 1 fully saturated rings. The molecule has 166 valence electrons. The van der Waals surface area contributed by atoms with Gasteiger partial charge in [0.2, 0.25) is 5.91 Å². The maximum absolute atomic E-state index is 13.2. The summed E-state index contributed by atoms with van der Waals surface area (Å²) in [6.07, 6.45) is -4.64. The van der Waals surface area contributed by atoms with Crippen LogP contribution in [-0.2, 0) is 20.6 Å². The molecule has 2 aromatic rings. The van der Waals surface area contributed by atoms with Gasteiger partial charge in [0.15, 0.2) is 12.1 Å². The second kappa shape index (κ2) is 7.86. The Morgan fingerprint density at radius 2 is 1.78 bits per heavy atom. The smallest absolute Gasteiger partial charge is 0.323 e. The van der Waals surface area contributed by atoms with Crippen molar-refractivity contribution in [3.05, 3.63) is 58.9 Å². The Labute approximate surface area is 182 Å². The zero-order valence-electron chi connectivity index (χ0n) is 15.8. The van der Waals surface area contributed by atoms with Gasteiger partial charge in [0, 0.05) is 0 Å². The van der Waals surface area contributed by atoms with Gasteiger partial charge < -0.3 is 5.32 Å². The predicted octanol–water partition coefficient (Wildman–Crippen LogP) is 3.43. The molecule has 2 aliphatic rings. The van der Waals surface area contributed by atoms with Crippen LogP contribution in [0.5, 0.6) is 0 Å². The van der Waals surface area contributed by atoms with E-state index in [0.29, 0.717) is 6.07 Å². The van der Waals surface area contributed by atoms with E-state index in [-0.39, 0.29) is 16.4 Å². The SMILES string of the molecule is O=C(CN1N=N[C@H]2C(=O)N(c3ccc(F)cc3)C(=O)[C@@H]21)Nc1cc(C(F)(F)F)ccc1Cl. The van der Waals surface area contributed by atoms with Gasteiger partial charge in [-0.15, -0.1) is 0 Å². The number of rotatable bonds is 4. The number of fused-ring (bicyclic) bond motifs is 1. The molecule has 0 aromatic heterocycles. The topological polar surface area (TPSA) is 94.4 Å². The minimum Gasteiger partial charge on any atom is -0.323 e. The summed E-state index contributed by atoms with van der Waals surface area (Å²) in [5.41, 5.74) is -1.16. The number of carbonyl (C=O) groups excluding carboxylic acids is 3. The minimum absolute atomic E-state index is 0.123. The summed E-state index contributed by atoms with van der Waals surface area (Å²) in [7, 11) is 0. The number of carbonyl (C=O) groups is 3. The third-order valence-corrected chi connectivity index (χ3v) is 5.15. The van der Waals surface area contributed by atoms with Crippen LogP contribution in [0.2, 0.25) is 5.02 Å². The Balaban J connectivity index is 1.49. The highest BCUT2D eigenvalue weighted by atomic mass is 35.5. The molecule has 1 N–H and O–H groups in total. The van der Waals surface area contributed by atoms with E-state index in [9.17, 15) is 31.9 Å². The number of nitrogens with zero attached hydrogens (tertiary/aromatic N) is 4. The number of nitrogens with one attached hydrogen (secondary N) is 1. The summed E-state index contributed by atoms with van der Waals surface area (Å²) >= 11 is 5.87. The van der Waals surface area contributed by atoms with E-state index in [1.165, 1.54) is 12.1 Å². The van der Waals surface area contributed by atoms with Crippen molar-refractivity contribution < 1.29 is 31.9 Å². The molecule has 4 rings (SSSR count). The number of hydrogen-bond donors (Lipinski definition) is 1. The zero-order valence-corrected chi connectivity index (χ0v) is 16.6. The third-order valence-electron chi connectivity index (χ3n) is 4.82. The molecule has 0 spiro atoms. The molecule has 0 bridgehead atoms. The Morgan fingerprint density at radius 3 is 2.44 bits per heavy atom. The number of alkyl halides is 3. The van der Waals surface area contributed by atoms with Crippen LogP contribution in [0.25, 0.3) is 0 Å². The van der Waals surface area contributed by atoms with Crippen molar-refractivity contribution >= 4 is 40.7 Å². The molecule has 2 atom stereocenters. The molecule has 13 heteroatoms. The van der Waals surface area contributed by atoms with Crippen molar-refractivity contribution in [1.82, 2.24) is 5.01 Å². The van der Waals surface area contributed by atoms with Gasteiger partial charge in [-0.3, -0.25) is 19.4 Å². The molecule has 0 radical (unpaired) electrons. The first-order valence-electron chi connectivity index (χ1n) is 9.03. The summed E-state index contributed by atoms with van der Waals surface area (Å²) in [5.74, 6) is -2.80. The second-order valence-electron chi connectivity index (χ2n) is 6.92. The first-order valence-corrected chi connectivity index (χ1v) is 9.41.